The van der Waals surface area contributed by atoms with E-state index in [0.29, 0.717) is 11.6 Å². The minimum absolute atomic E-state index is 0.0501. The number of thiazole rings is 1. The molecule has 0 saturated carbocycles. The van der Waals surface area contributed by atoms with Gasteiger partial charge >= 0.3 is 0 Å². The predicted octanol–water partition coefficient (Wildman–Crippen LogP) is 2.13. The van der Waals surface area contributed by atoms with E-state index in [1.807, 2.05) is 31.2 Å². The lowest BCUT2D eigenvalue weighted by atomic mass is 9.93. The topological polar surface area (TPSA) is 74.3 Å². The Labute approximate surface area is 148 Å². The van der Waals surface area contributed by atoms with Crippen LogP contribution in [0.5, 0.6) is 0 Å². The van der Waals surface area contributed by atoms with Crippen molar-refractivity contribution in [2.75, 3.05) is 32.0 Å². The number of amides is 2. The molecule has 0 aliphatic carbocycles. The molecule has 0 aromatic carbocycles. The zero-order valence-electron chi connectivity index (χ0n) is 14.8. The molecule has 134 valence electrons. The van der Waals surface area contributed by atoms with E-state index in [9.17, 15) is 9.59 Å². The minimum atomic E-state index is -0.0804. The highest BCUT2D eigenvalue weighted by Gasteiger charge is 2.23. The molecule has 0 atom stereocenters. The molecule has 1 aliphatic rings. The van der Waals surface area contributed by atoms with Gasteiger partial charge in [0.1, 0.15) is 0 Å². The fourth-order valence-corrected chi connectivity index (χ4v) is 3.49. The van der Waals surface area contributed by atoms with Crippen LogP contribution in [0.4, 0.5) is 5.13 Å². The van der Waals surface area contributed by atoms with Crippen LogP contribution in [0.25, 0.3) is 0 Å². The Morgan fingerprint density at radius 1 is 1.38 bits per heavy atom. The molecule has 0 spiro atoms. The molecule has 1 fully saturated rings. The van der Waals surface area contributed by atoms with Crippen LogP contribution >= 0.6 is 11.3 Å². The fourth-order valence-electron chi connectivity index (χ4n) is 2.78. The van der Waals surface area contributed by atoms with Crippen molar-refractivity contribution in [3.8, 4) is 0 Å². The molecule has 1 aromatic rings. The number of aromatic nitrogens is 1. The third-order valence-electron chi connectivity index (χ3n) is 4.41. The summed E-state index contributed by atoms with van der Waals surface area (Å²) in [6, 6.07) is 0. The van der Waals surface area contributed by atoms with Crippen molar-refractivity contribution < 1.29 is 9.59 Å². The molecule has 0 radical (unpaired) electrons. The average Bonchev–Trinajstić information content (AvgIpc) is 3.00. The van der Waals surface area contributed by atoms with Crippen LogP contribution in [-0.4, -0.2) is 48.4 Å². The van der Waals surface area contributed by atoms with Crippen molar-refractivity contribution in [1.29, 1.82) is 0 Å². The van der Waals surface area contributed by atoms with Crippen LogP contribution in [0.3, 0.4) is 0 Å². The lowest BCUT2D eigenvalue weighted by Gasteiger charge is -2.32. The van der Waals surface area contributed by atoms with Crippen LogP contribution in [0.15, 0.2) is 5.38 Å². The van der Waals surface area contributed by atoms with Gasteiger partial charge in [0, 0.05) is 24.4 Å². The second-order valence-corrected chi connectivity index (χ2v) is 7.54. The standard InChI is InChI=1S/C17H28N4O2S/c1-12(2)16(23)20-17-19-14(11-24-17)10-15(22)21-8-5-13(6-9-21)4-7-18-3/h11-13,18H,4-10H2,1-3H3,(H,19,20,23). The van der Waals surface area contributed by atoms with Crippen LogP contribution < -0.4 is 10.6 Å². The molecule has 2 rings (SSSR count). The Balaban J connectivity index is 1.79. The number of carbonyl (C=O) groups excluding carboxylic acids is 2. The van der Waals surface area contributed by atoms with Gasteiger partial charge in [-0.2, -0.15) is 0 Å². The van der Waals surface area contributed by atoms with Crippen LogP contribution in [0.1, 0.15) is 38.8 Å². The zero-order chi connectivity index (χ0) is 17.5. The first-order valence-corrected chi connectivity index (χ1v) is 9.55. The maximum absolute atomic E-state index is 12.4. The lowest BCUT2D eigenvalue weighted by molar-refractivity contribution is -0.131. The highest BCUT2D eigenvalue weighted by Crippen LogP contribution is 2.22. The molecule has 2 N–H and O–H groups in total. The summed E-state index contributed by atoms with van der Waals surface area (Å²) in [6.07, 6.45) is 3.67. The van der Waals surface area contributed by atoms with Crippen LogP contribution in [0.2, 0.25) is 0 Å². The normalized spacial score (nSPS) is 15.8. The fraction of sp³-hybridized carbons (Fsp3) is 0.706. The van der Waals surface area contributed by atoms with E-state index in [0.717, 1.165) is 44.1 Å². The quantitative estimate of drug-likeness (QED) is 0.788. The van der Waals surface area contributed by atoms with Gasteiger partial charge in [-0.15, -0.1) is 11.3 Å². The largest absolute Gasteiger partial charge is 0.342 e. The number of anilines is 1. The monoisotopic (exact) mass is 352 g/mol. The van der Waals surface area contributed by atoms with Gasteiger partial charge in [-0.1, -0.05) is 13.8 Å². The van der Waals surface area contributed by atoms with E-state index in [4.69, 9.17) is 0 Å². The van der Waals surface area contributed by atoms with Crippen molar-refractivity contribution >= 4 is 28.3 Å². The van der Waals surface area contributed by atoms with E-state index >= 15 is 0 Å². The highest BCUT2D eigenvalue weighted by atomic mass is 32.1. The summed E-state index contributed by atoms with van der Waals surface area (Å²) in [7, 11) is 1.98. The van der Waals surface area contributed by atoms with Crippen molar-refractivity contribution in [3.05, 3.63) is 11.1 Å². The molecular formula is C17H28N4O2S. The van der Waals surface area contributed by atoms with Gasteiger partial charge in [-0.25, -0.2) is 4.98 Å². The molecule has 2 amide bonds. The third kappa shape index (κ3) is 5.56. The summed E-state index contributed by atoms with van der Waals surface area (Å²) < 4.78 is 0. The molecule has 2 heterocycles. The SMILES string of the molecule is CNCCC1CCN(C(=O)Cc2csc(NC(=O)C(C)C)n2)CC1. The Hall–Kier alpha value is -1.47. The Bertz CT molecular complexity index is 551. The van der Waals surface area contributed by atoms with Crippen LogP contribution in [-0.2, 0) is 16.0 Å². The number of nitrogens with one attached hydrogen (secondary N) is 2. The number of carbonyl (C=O) groups is 2. The van der Waals surface area contributed by atoms with Crippen molar-refractivity contribution in [3.63, 3.8) is 0 Å². The molecule has 1 aromatic heterocycles. The first kappa shape index (κ1) is 18.9. The van der Waals surface area contributed by atoms with E-state index in [2.05, 4.69) is 15.6 Å². The zero-order valence-corrected chi connectivity index (χ0v) is 15.6. The summed E-state index contributed by atoms with van der Waals surface area (Å²) in [5, 5.41) is 8.39. The van der Waals surface area contributed by atoms with Gasteiger partial charge in [-0.05, 0) is 38.8 Å². The van der Waals surface area contributed by atoms with Gasteiger partial charge in [0.25, 0.3) is 0 Å². The Morgan fingerprint density at radius 2 is 2.08 bits per heavy atom. The maximum atomic E-state index is 12.4. The van der Waals surface area contributed by atoms with Gasteiger partial charge in [0.15, 0.2) is 5.13 Å². The predicted molar refractivity (Wildman–Crippen MR) is 97.1 cm³/mol. The molecule has 0 unspecified atom stereocenters. The van der Waals surface area contributed by atoms with Gasteiger partial charge in [-0.3, -0.25) is 9.59 Å². The average molecular weight is 353 g/mol. The maximum Gasteiger partial charge on any atom is 0.228 e. The molecule has 1 saturated heterocycles. The summed E-state index contributed by atoms with van der Waals surface area (Å²) in [4.78, 5) is 30.4. The van der Waals surface area contributed by atoms with E-state index in [-0.39, 0.29) is 17.7 Å². The minimum Gasteiger partial charge on any atom is -0.342 e. The van der Waals surface area contributed by atoms with E-state index in [1.54, 1.807) is 0 Å². The van der Waals surface area contributed by atoms with Crippen molar-refractivity contribution in [2.45, 2.75) is 39.5 Å². The Kier molecular flexibility index (Phi) is 7.17. The van der Waals surface area contributed by atoms with Crippen molar-refractivity contribution in [1.82, 2.24) is 15.2 Å². The smallest absolute Gasteiger partial charge is 0.228 e. The highest BCUT2D eigenvalue weighted by molar-refractivity contribution is 7.13. The Morgan fingerprint density at radius 3 is 2.71 bits per heavy atom. The number of likely N-dealkylation sites (tertiary alicyclic amines) is 1. The van der Waals surface area contributed by atoms with E-state index < -0.39 is 0 Å². The summed E-state index contributed by atoms with van der Waals surface area (Å²) >= 11 is 1.37. The molecule has 24 heavy (non-hydrogen) atoms. The molecular weight excluding hydrogens is 324 g/mol. The number of piperidine rings is 1. The number of hydrogen-bond donors (Lipinski definition) is 2. The van der Waals surface area contributed by atoms with Gasteiger partial charge in [0.05, 0.1) is 12.1 Å². The second kappa shape index (κ2) is 9.13. The first-order valence-electron chi connectivity index (χ1n) is 8.67. The first-order chi connectivity index (χ1) is 11.5. The molecule has 1 aliphatic heterocycles. The lowest BCUT2D eigenvalue weighted by Crippen LogP contribution is -2.39. The molecule has 0 bridgehead atoms. The van der Waals surface area contributed by atoms with E-state index in [1.165, 1.54) is 17.8 Å². The van der Waals surface area contributed by atoms with Gasteiger partial charge in [0.2, 0.25) is 11.8 Å². The third-order valence-corrected chi connectivity index (χ3v) is 5.21. The number of hydrogen-bond acceptors (Lipinski definition) is 5. The summed E-state index contributed by atoms with van der Waals surface area (Å²) in [6.45, 7) is 6.41. The summed E-state index contributed by atoms with van der Waals surface area (Å²) in [5.74, 6) is 0.724. The number of rotatable bonds is 7. The van der Waals surface area contributed by atoms with Crippen molar-refractivity contribution in [2.24, 2.45) is 11.8 Å². The molecule has 7 heteroatoms. The van der Waals surface area contributed by atoms with Gasteiger partial charge < -0.3 is 15.5 Å². The molecule has 6 nitrogen and oxygen atoms in total. The second-order valence-electron chi connectivity index (χ2n) is 6.68. The van der Waals surface area contributed by atoms with Crippen LogP contribution in [0, 0.1) is 11.8 Å². The number of nitrogens with zero attached hydrogens (tertiary/aromatic N) is 2. The summed E-state index contributed by atoms with van der Waals surface area (Å²) in [5.41, 5.74) is 0.737.